The number of pyridine rings is 1. The predicted octanol–water partition coefficient (Wildman–Crippen LogP) is 3.61. The molecule has 9 nitrogen and oxygen atoms in total. The van der Waals surface area contributed by atoms with Gasteiger partial charge in [0.05, 0.1) is 23.6 Å². The van der Waals surface area contributed by atoms with Gasteiger partial charge < -0.3 is 21.3 Å². The number of Topliss-reactive ketones (excluding diaryl/α,β-unsaturated/α-hetero) is 1. The van der Waals surface area contributed by atoms with E-state index in [2.05, 4.69) is 20.6 Å². The molecule has 0 bridgehead atoms. The van der Waals surface area contributed by atoms with Gasteiger partial charge in [-0.25, -0.2) is 9.79 Å². The lowest BCUT2D eigenvalue weighted by Gasteiger charge is -2.28. The number of hydrogen-bond donors (Lipinski definition) is 3. The highest BCUT2D eigenvalue weighted by Gasteiger charge is 2.36. The zero-order valence-electron chi connectivity index (χ0n) is 20.4. The van der Waals surface area contributed by atoms with E-state index in [1.807, 2.05) is 18.2 Å². The third-order valence-electron chi connectivity index (χ3n) is 5.67. The summed E-state index contributed by atoms with van der Waals surface area (Å²) < 4.78 is 0. The number of carbonyl (C=O) groups is 3. The van der Waals surface area contributed by atoms with E-state index in [4.69, 9.17) is 5.73 Å². The van der Waals surface area contributed by atoms with Gasteiger partial charge in [-0.15, -0.1) is 0 Å². The summed E-state index contributed by atoms with van der Waals surface area (Å²) in [5.74, 6) is -0.663. The number of nitrogens with one attached hydrogen (secondary N) is 2. The molecule has 2 heterocycles. The minimum Gasteiger partial charge on any atom is -0.399 e. The summed E-state index contributed by atoms with van der Waals surface area (Å²) in [5.41, 5.74) is 8.19. The predicted molar refractivity (Wildman–Crippen MR) is 140 cm³/mol. The number of fused-ring (bicyclic) bond motifs is 1. The second-order valence-electron chi connectivity index (χ2n) is 9.43. The van der Waals surface area contributed by atoms with E-state index >= 15 is 0 Å². The molecule has 184 valence electrons. The number of nitrogens with two attached hydrogens (primary N) is 1. The number of hydrogen-bond acceptors (Lipinski definition) is 6. The number of benzodiazepines with no additional fused rings is 1. The first kappa shape index (κ1) is 24.6. The Morgan fingerprint density at radius 3 is 2.47 bits per heavy atom. The molecule has 9 heteroatoms. The first-order valence-electron chi connectivity index (χ1n) is 11.5. The maximum Gasteiger partial charge on any atom is 0.321 e. The Bertz CT molecular complexity index is 1330. The van der Waals surface area contributed by atoms with Crippen LogP contribution in [-0.2, 0) is 9.59 Å². The number of para-hydroxylation sites is 1. The fourth-order valence-electron chi connectivity index (χ4n) is 3.68. The SMILES string of the molecule is CC(C)(C)C(=O)CN1C(=O)C(NC(=O)Nc2cccc(N)c2)N=C(c2ccccn2)c2ccccc21. The average molecular weight is 485 g/mol. The maximum atomic E-state index is 13.8. The van der Waals surface area contributed by atoms with Crippen LogP contribution in [0.1, 0.15) is 32.0 Å². The van der Waals surface area contributed by atoms with Crippen molar-refractivity contribution in [3.8, 4) is 0 Å². The summed E-state index contributed by atoms with van der Waals surface area (Å²) in [6, 6.07) is 18.6. The van der Waals surface area contributed by atoms with E-state index in [1.54, 1.807) is 75.5 Å². The molecule has 0 spiro atoms. The van der Waals surface area contributed by atoms with Crippen molar-refractivity contribution in [2.45, 2.75) is 26.9 Å². The minimum atomic E-state index is -1.30. The van der Waals surface area contributed by atoms with Crippen molar-refractivity contribution in [1.29, 1.82) is 0 Å². The van der Waals surface area contributed by atoms with Crippen molar-refractivity contribution in [3.05, 3.63) is 84.2 Å². The summed E-state index contributed by atoms with van der Waals surface area (Å²) in [5, 5.41) is 5.32. The van der Waals surface area contributed by atoms with Gasteiger partial charge in [0.1, 0.15) is 0 Å². The third-order valence-corrected chi connectivity index (χ3v) is 5.67. The third kappa shape index (κ3) is 5.41. The van der Waals surface area contributed by atoms with Crippen LogP contribution in [0, 0.1) is 5.41 Å². The van der Waals surface area contributed by atoms with Crippen molar-refractivity contribution in [3.63, 3.8) is 0 Å². The Morgan fingerprint density at radius 1 is 1.03 bits per heavy atom. The van der Waals surface area contributed by atoms with Crippen LogP contribution in [0.15, 0.2) is 77.9 Å². The Kier molecular flexibility index (Phi) is 6.82. The molecule has 0 radical (unpaired) electrons. The minimum absolute atomic E-state index is 0.130. The van der Waals surface area contributed by atoms with Gasteiger partial charge in [0.15, 0.2) is 5.78 Å². The molecule has 36 heavy (non-hydrogen) atoms. The van der Waals surface area contributed by atoms with Crippen molar-refractivity contribution in [2.75, 3.05) is 22.5 Å². The van der Waals surface area contributed by atoms with Gasteiger partial charge in [0.25, 0.3) is 5.91 Å². The van der Waals surface area contributed by atoms with Crippen LogP contribution < -0.4 is 21.3 Å². The standard InChI is InChI=1S/C27H28N6O3/c1-27(2,3)22(34)16-33-21-13-5-4-11-19(21)23(20-12-6-7-14-29-20)31-24(25(33)35)32-26(36)30-18-10-8-9-17(28)15-18/h4-15,24H,16,28H2,1-3H3,(H2,30,32,36). The summed E-state index contributed by atoms with van der Waals surface area (Å²) in [6.07, 6.45) is 0.325. The van der Waals surface area contributed by atoms with E-state index in [0.29, 0.717) is 34.0 Å². The molecule has 1 atom stereocenters. The molecule has 0 saturated carbocycles. The van der Waals surface area contributed by atoms with Crippen LogP contribution >= 0.6 is 0 Å². The molecule has 4 rings (SSSR count). The van der Waals surface area contributed by atoms with Gasteiger partial charge in [-0.05, 0) is 36.4 Å². The van der Waals surface area contributed by atoms with Crippen molar-refractivity contribution in [1.82, 2.24) is 10.3 Å². The van der Waals surface area contributed by atoms with E-state index < -0.39 is 23.5 Å². The first-order valence-corrected chi connectivity index (χ1v) is 11.5. The lowest BCUT2D eigenvalue weighted by atomic mass is 9.90. The number of nitrogens with zero attached hydrogens (tertiary/aromatic N) is 3. The fourth-order valence-corrected chi connectivity index (χ4v) is 3.68. The molecule has 0 fully saturated rings. The molecule has 4 N–H and O–H groups in total. The van der Waals surface area contributed by atoms with E-state index in [9.17, 15) is 14.4 Å². The number of benzene rings is 2. The highest BCUT2D eigenvalue weighted by atomic mass is 16.2. The van der Waals surface area contributed by atoms with Crippen LogP contribution in [0.2, 0.25) is 0 Å². The van der Waals surface area contributed by atoms with Gasteiger partial charge in [0.2, 0.25) is 6.17 Å². The Morgan fingerprint density at radius 2 is 1.78 bits per heavy atom. The number of urea groups is 1. The number of ketones is 1. The summed E-state index contributed by atoms with van der Waals surface area (Å²) in [6.45, 7) is 5.23. The second kappa shape index (κ2) is 9.99. The van der Waals surface area contributed by atoms with Crippen LogP contribution in [-0.4, -0.2) is 41.1 Å². The topological polar surface area (TPSA) is 130 Å². The maximum absolute atomic E-state index is 13.8. The van der Waals surface area contributed by atoms with E-state index in [0.717, 1.165) is 0 Å². The molecule has 0 saturated heterocycles. The van der Waals surface area contributed by atoms with Gasteiger partial charge in [-0.1, -0.05) is 51.1 Å². The molecule has 1 unspecified atom stereocenters. The van der Waals surface area contributed by atoms with Crippen molar-refractivity contribution >= 4 is 40.5 Å². The molecule has 2 aromatic carbocycles. The zero-order chi connectivity index (χ0) is 25.9. The molecule has 1 aliphatic heterocycles. The number of anilines is 3. The van der Waals surface area contributed by atoms with Crippen molar-refractivity contribution in [2.24, 2.45) is 10.4 Å². The Hall–Kier alpha value is -4.53. The van der Waals surface area contributed by atoms with Crippen LogP contribution in [0.25, 0.3) is 0 Å². The zero-order valence-corrected chi connectivity index (χ0v) is 20.4. The monoisotopic (exact) mass is 484 g/mol. The highest BCUT2D eigenvalue weighted by Crippen LogP contribution is 2.29. The Balaban J connectivity index is 1.75. The second-order valence-corrected chi connectivity index (χ2v) is 9.43. The van der Waals surface area contributed by atoms with Crippen LogP contribution in [0.4, 0.5) is 21.9 Å². The molecular weight excluding hydrogens is 456 g/mol. The van der Waals surface area contributed by atoms with Crippen molar-refractivity contribution < 1.29 is 14.4 Å². The molecule has 3 amide bonds. The lowest BCUT2D eigenvalue weighted by Crippen LogP contribution is -2.50. The molecular formula is C27H28N6O3. The normalized spacial score (nSPS) is 15.4. The van der Waals surface area contributed by atoms with Crippen LogP contribution in [0.3, 0.4) is 0 Å². The van der Waals surface area contributed by atoms with Gasteiger partial charge in [0, 0.05) is 28.6 Å². The fraction of sp³-hybridized carbons (Fsp3) is 0.222. The number of rotatable bonds is 5. The molecule has 3 aromatic rings. The summed E-state index contributed by atoms with van der Waals surface area (Å²) in [4.78, 5) is 50.1. The van der Waals surface area contributed by atoms with Crippen LogP contribution in [0.5, 0.6) is 0 Å². The average Bonchev–Trinajstić information content (AvgIpc) is 2.94. The smallest absolute Gasteiger partial charge is 0.321 e. The largest absolute Gasteiger partial charge is 0.399 e. The van der Waals surface area contributed by atoms with E-state index in [1.165, 1.54) is 4.90 Å². The number of aliphatic imine (C=N–C) groups is 1. The summed E-state index contributed by atoms with van der Waals surface area (Å²) in [7, 11) is 0. The van der Waals surface area contributed by atoms with Gasteiger partial charge in [-0.3, -0.25) is 14.6 Å². The molecule has 0 aliphatic carbocycles. The number of nitrogen functional groups attached to an aromatic ring is 1. The quantitative estimate of drug-likeness (QED) is 0.476. The van der Waals surface area contributed by atoms with E-state index in [-0.39, 0.29) is 12.3 Å². The van der Waals surface area contributed by atoms with Gasteiger partial charge in [-0.2, -0.15) is 0 Å². The van der Waals surface area contributed by atoms with Gasteiger partial charge >= 0.3 is 6.03 Å². The lowest BCUT2D eigenvalue weighted by molar-refractivity contribution is -0.127. The summed E-state index contributed by atoms with van der Waals surface area (Å²) >= 11 is 0. The number of aromatic nitrogens is 1. The highest BCUT2D eigenvalue weighted by molar-refractivity contribution is 6.20. The molecule has 1 aromatic heterocycles. The first-order chi connectivity index (χ1) is 17.1. The molecule has 1 aliphatic rings. The number of carbonyl (C=O) groups excluding carboxylic acids is 3. The number of amides is 3. The Labute approximate surface area is 209 Å².